The van der Waals surface area contributed by atoms with Gasteiger partial charge in [0.2, 0.25) is 5.91 Å². The number of halogens is 1. The topological polar surface area (TPSA) is 29.1 Å². The molecule has 2 aromatic carbocycles. The first-order valence-electron chi connectivity index (χ1n) is 7.61. The van der Waals surface area contributed by atoms with Gasteiger partial charge in [-0.25, -0.2) is 4.39 Å². The maximum Gasteiger partial charge on any atom is 0.231 e. The van der Waals surface area contributed by atoms with Crippen molar-refractivity contribution in [3.05, 3.63) is 65.5 Å². The second-order valence-corrected chi connectivity index (χ2v) is 6.03. The van der Waals surface area contributed by atoms with E-state index in [1.165, 1.54) is 11.6 Å². The van der Waals surface area contributed by atoms with Crippen molar-refractivity contribution in [1.82, 2.24) is 0 Å². The van der Waals surface area contributed by atoms with Gasteiger partial charge in [0, 0.05) is 0 Å². The number of para-hydroxylation sites is 1. The lowest BCUT2D eigenvalue weighted by Gasteiger charge is -2.14. The van der Waals surface area contributed by atoms with Crippen LogP contribution in [0.1, 0.15) is 37.8 Å². The molecule has 0 aliphatic heterocycles. The van der Waals surface area contributed by atoms with Gasteiger partial charge < -0.3 is 5.32 Å². The van der Waals surface area contributed by atoms with Crippen LogP contribution in [0.4, 0.5) is 10.1 Å². The van der Waals surface area contributed by atoms with Crippen LogP contribution in [-0.2, 0) is 11.2 Å². The van der Waals surface area contributed by atoms with Gasteiger partial charge in [-0.3, -0.25) is 4.79 Å². The Balaban J connectivity index is 2.05. The van der Waals surface area contributed by atoms with Crippen molar-refractivity contribution in [3.8, 4) is 0 Å². The summed E-state index contributed by atoms with van der Waals surface area (Å²) in [5.74, 6) is -0.350. The molecule has 1 atom stereocenters. The zero-order valence-electron chi connectivity index (χ0n) is 13.3. The lowest BCUT2D eigenvalue weighted by Crippen LogP contribution is -2.19. The van der Waals surface area contributed by atoms with Crippen LogP contribution in [0.15, 0.2) is 48.5 Å². The molecule has 2 nitrogen and oxygen atoms in total. The Morgan fingerprint density at radius 3 is 2.27 bits per heavy atom. The number of hydrogen-bond donors (Lipinski definition) is 1. The van der Waals surface area contributed by atoms with Gasteiger partial charge in [-0.1, -0.05) is 50.2 Å². The molecule has 1 N–H and O–H groups in total. The Hall–Kier alpha value is -2.16. The second-order valence-electron chi connectivity index (χ2n) is 6.03. The molecule has 0 fully saturated rings. The van der Waals surface area contributed by atoms with Gasteiger partial charge >= 0.3 is 0 Å². The number of anilines is 1. The average molecular weight is 299 g/mol. The Bertz CT molecular complexity index is 634. The van der Waals surface area contributed by atoms with E-state index >= 15 is 0 Å². The molecule has 0 aromatic heterocycles. The van der Waals surface area contributed by atoms with Crippen LogP contribution in [0.5, 0.6) is 0 Å². The summed E-state index contributed by atoms with van der Waals surface area (Å²) in [5, 5.41) is 2.64. The highest BCUT2D eigenvalue weighted by Crippen LogP contribution is 2.20. The van der Waals surface area contributed by atoms with E-state index in [1.54, 1.807) is 18.2 Å². The molecule has 0 saturated carbocycles. The minimum absolute atomic E-state index is 0.207. The molecule has 22 heavy (non-hydrogen) atoms. The maximum absolute atomic E-state index is 13.6. The van der Waals surface area contributed by atoms with Crippen molar-refractivity contribution in [2.24, 2.45) is 5.92 Å². The van der Waals surface area contributed by atoms with Crippen LogP contribution in [0.3, 0.4) is 0 Å². The molecule has 0 heterocycles. The Morgan fingerprint density at radius 1 is 1.05 bits per heavy atom. The predicted molar refractivity (Wildman–Crippen MR) is 88.4 cm³/mol. The van der Waals surface area contributed by atoms with Crippen LogP contribution in [0.25, 0.3) is 0 Å². The third-order valence-corrected chi connectivity index (χ3v) is 3.65. The number of rotatable bonds is 5. The summed E-state index contributed by atoms with van der Waals surface area (Å²) in [6, 6.07) is 14.3. The molecule has 2 rings (SSSR count). The van der Waals surface area contributed by atoms with Crippen LogP contribution >= 0.6 is 0 Å². The van der Waals surface area contributed by atoms with Gasteiger partial charge in [0.05, 0.1) is 11.6 Å². The van der Waals surface area contributed by atoms with E-state index < -0.39 is 5.82 Å². The van der Waals surface area contributed by atoms with Crippen molar-refractivity contribution in [2.45, 2.75) is 33.1 Å². The fourth-order valence-electron chi connectivity index (χ4n) is 2.37. The fraction of sp³-hybridized carbons (Fsp3) is 0.316. The first kappa shape index (κ1) is 16.2. The number of benzene rings is 2. The minimum Gasteiger partial charge on any atom is -0.323 e. The first-order valence-corrected chi connectivity index (χ1v) is 7.61. The van der Waals surface area contributed by atoms with Gasteiger partial charge in [-0.2, -0.15) is 0 Å². The molecule has 2 aromatic rings. The Kier molecular flexibility index (Phi) is 5.31. The van der Waals surface area contributed by atoms with E-state index in [0.717, 1.165) is 12.0 Å². The SMILES string of the molecule is CC(C)Cc1ccc([C@@H](C)C(=O)Nc2ccccc2F)cc1. The van der Waals surface area contributed by atoms with Crippen molar-refractivity contribution in [2.75, 3.05) is 5.32 Å². The average Bonchev–Trinajstić information content (AvgIpc) is 2.49. The number of hydrogen-bond acceptors (Lipinski definition) is 1. The van der Waals surface area contributed by atoms with Crippen molar-refractivity contribution < 1.29 is 9.18 Å². The molecule has 0 unspecified atom stereocenters. The van der Waals surface area contributed by atoms with Crippen LogP contribution in [0.2, 0.25) is 0 Å². The lowest BCUT2D eigenvalue weighted by molar-refractivity contribution is -0.117. The molecule has 116 valence electrons. The summed E-state index contributed by atoms with van der Waals surface area (Å²) in [7, 11) is 0. The standard InChI is InChI=1S/C19H22FNO/c1-13(2)12-15-8-10-16(11-9-15)14(3)19(22)21-18-7-5-4-6-17(18)20/h4-11,13-14H,12H2,1-3H3,(H,21,22)/t14-/m1/s1. The summed E-state index contributed by atoms with van der Waals surface area (Å²) in [5.41, 5.74) is 2.41. The third kappa shape index (κ3) is 4.17. The minimum atomic E-state index is -0.421. The van der Waals surface area contributed by atoms with Gasteiger partial charge in [0.25, 0.3) is 0 Å². The summed E-state index contributed by atoms with van der Waals surface area (Å²) in [6.07, 6.45) is 1.02. The van der Waals surface area contributed by atoms with Gasteiger partial charge in [-0.15, -0.1) is 0 Å². The smallest absolute Gasteiger partial charge is 0.231 e. The van der Waals surface area contributed by atoms with E-state index in [-0.39, 0.29) is 17.5 Å². The molecule has 0 aliphatic carbocycles. The molecule has 0 bridgehead atoms. The van der Waals surface area contributed by atoms with Crippen molar-refractivity contribution >= 4 is 11.6 Å². The fourth-order valence-corrected chi connectivity index (χ4v) is 2.37. The predicted octanol–water partition coefficient (Wildman–Crippen LogP) is 4.77. The van der Waals surface area contributed by atoms with Crippen LogP contribution < -0.4 is 5.32 Å². The molecule has 0 radical (unpaired) electrons. The molecule has 3 heteroatoms. The van der Waals surface area contributed by atoms with Crippen molar-refractivity contribution in [1.29, 1.82) is 0 Å². The van der Waals surface area contributed by atoms with E-state index in [0.29, 0.717) is 5.92 Å². The normalized spacial score (nSPS) is 12.2. The monoisotopic (exact) mass is 299 g/mol. The van der Waals surface area contributed by atoms with E-state index in [4.69, 9.17) is 0 Å². The molecule has 0 saturated heterocycles. The van der Waals surface area contributed by atoms with Gasteiger partial charge in [-0.05, 0) is 42.5 Å². The number of carbonyl (C=O) groups excluding carboxylic acids is 1. The zero-order valence-corrected chi connectivity index (χ0v) is 13.3. The maximum atomic E-state index is 13.6. The molecular formula is C19H22FNO. The largest absolute Gasteiger partial charge is 0.323 e. The quantitative estimate of drug-likeness (QED) is 0.847. The second kappa shape index (κ2) is 7.21. The highest BCUT2D eigenvalue weighted by Gasteiger charge is 2.16. The summed E-state index contributed by atoms with van der Waals surface area (Å²) >= 11 is 0. The number of amides is 1. The van der Waals surface area contributed by atoms with E-state index in [9.17, 15) is 9.18 Å². The first-order chi connectivity index (χ1) is 10.5. The molecule has 0 aliphatic rings. The molecule has 0 spiro atoms. The third-order valence-electron chi connectivity index (χ3n) is 3.65. The number of nitrogens with one attached hydrogen (secondary N) is 1. The Labute approximate surface area is 131 Å². The zero-order chi connectivity index (χ0) is 16.1. The highest BCUT2D eigenvalue weighted by molar-refractivity contribution is 5.95. The Morgan fingerprint density at radius 2 is 1.68 bits per heavy atom. The lowest BCUT2D eigenvalue weighted by atomic mass is 9.96. The molecular weight excluding hydrogens is 277 g/mol. The highest BCUT2D eigenvalue weighted by atomic mass is 19.1. The summed E-state index contributed by atoms with van der Waals surface area (Å²) < 4.78 is 13.6. The molecule has 1 amide bonds. The van der Waals surface area contributed by atoms with Crippen LogP contribution in [-0.4, -0.2) is 5.91 Å². The van der Waals surface area contributed by atoms with Crippen molar-refractivity contribution in [3.63, 3.8) is 0 Å². The number of carbonyl (C=O) groups is 1. The van der Waals surface area contributed by atoms with E-state index in [1.807, 2.05) is 19.1 Å². The van der Waals surface area contributed by atoms with Crippen LogP contribution in [0, 0.1) is 11.7 Å². The van der Waals surface area contributed by atoms with Gasteiger partial charge in [0.15, 0.2) is 0 Å². The van der Waals surface area contributed by atoms with E-state index in [2.05, 4.69) is 31.3 Å². The summed E-state index contributed by atoms with van der Waals surface area (Å²) in [6.45, 7) is 6.18. The van der Waals surface area contributed by atoms with Gasteiger partial charge in [0.1, 0.15) is 5.82 Å². The summed E-state index contributed by atoms with van der Waals surface area (Å²) in [4.78, 5) is 12.3.